The van der Waals surface area contributed by atoms with Crippen LogP contribution in [0.25, 0.3) is 27.6 Å². The fourth-order valence-corrected chi connectivity index (χ4v) is 2.18. The molecule has 19 heavy (non-hydrogen) atoms. The summed E-state index contributed by atoms with van der Waals surface area (Å²) in [6.07, 6.45) is 1.70. The first kappa shape index (κ1) is 11.4. The van der Waals surface area contributed by atoms with Crippen molar-refractivity contribution < 1.29 is 4.42 Å². The lowest BCUT2D eigenvalue weighted by Crippen LogP contribution is -2.04. The van der Waals surface area contributed by atoms with Crippen LogP contribution in [-0.2, 0) is 0 Å². The number of rotatable bonds is 1. The van der Waals surface area contributed by atoms with Gasteiger partial charge in [0.2, 0.25) is 0 Å². The Hall–Kier alpha value is -2.68. The minimum Gasteiger partial charge on any atom is -0.386 e. The maximum Gasteiger partial charge on any atom is 0.346 e. The van der Waals surface area contributed by atoms with Crippen LogP contribution in [0.4, 0.5) is 0 Å². The fourth-order valence-electron chi connectivity index (χ4n) is 2.18. The first-order valence-electron chi connectivity index (χ1n) is 5.83. The quantitative estimate of drug-likeness (QED) is 0.667. The molecule has 0 bridgehead atoms. The van der Waals surface area contributed by atoms with E-state index in [0.717, 1.165) is 5.56 Å². The van der Waals surface area contributed by atoms with Crippen LogP contribution in [0, 0.1) is 0 Å². The van der Waals surface area contributed by atoms with Gasteiger partial charge in [-0.3, -0.25) is 0 Å². The zero-order valence-corrected chi connectivity index (χ0v) is 10.1. The predicted molar refractivity (Wildman–Crippen MR) is 76.4 cm³/mol. The first-order chi connectivity index (χ1) is 9.20. The summed E-state index contributed by atoms with van der Waals surface area (Å²) >= 11 is 0. The third kappa shape index (κ3) is 1.76. The minimum absolute atomic E-state index is 0.393. The average molecular weight is 250 g/mol. The van der Waals surface area contributed by atoms with Crippen LogP contribution >= 0.6 is 0 Å². The molecule has 0 aliphatic carbocycles. The van der Waals surface area contributed by atoms with E-state index < -0.39 is 11.3 Å². The number of benzene rings is 2. The molecule has 3 aromatic rings. The Labute approximate surface area is 108 Å². The Kier molecular flexibility index (Phi) is 2.53. The number of hydrogen-bond acceptors (Lipinski definition) is 3. The summed E-state index contributed by atoms with van der Waals surface area (Å²) in [5.41, 5.74) is -0.348. The molecule has 0 saturated heterocycles. The van der Waals surface area contributed by atoms with Gasteiger partial charge in [-0.2, -0.15) is 0 Å². The standard InChI is InChI=1S/C16H10O3/c1-2-10-7-8-13-14(9-10)11-5-3-4-6-12(11)15(17)19-16(13)18/h2-9H,1H2. The summed E-state index contributed by atoms with van der Waals surface area (Å²) in [6, 6.07) is 12.3. The van der Waals surface area contributed by atoms with E-state index in [0.29, 0.717) is 21.5 Å². The summed E-state index contributed by atoms with van der Waals surface area (Å²) in [7, 11) is 0. The lowest BCUT2D eigenvalue weighted by atomic mass is 10.0. The fraction of sp³-hybridized carbons (Fsp3) is 0. The van der Waals surface area contributed by atoms with Crippen LogP contribution in [0.1, 0.15) is 5.56 Å². The van der Waals surface area contributed by atoms with Gasteiger partial charge in [0.1, 0.15) is 0 Å². The molecular weight excluding hydrogens is 240 g/mol. The molecule has 1 heterocycles. The summed E-state index contributed by atoms with van der Waals surface area (Å²) in [4.78, 5) is 23.8. The van der Waals surface area contributed by atoms with E-state index in [1.807, 2.05) is 12.1 Å². The molecule has 3 rings (SSSR count). The van der Waals surface area contributed by atoms with E-state index in [-0.39, 0.29) is 0 Å². The lowest BCUT2D eigenvalue weighted by molar-refractivity contribution is 0.491. The molecule has 2 aromatic carbocycles. The largest absolute Gasteiger partial charge is 0.386 e. The van der Waals surface area contributed by atoms with E-state index in [2.05, 4.69) is 6.58 Å². The smallest absolute Gasteiger partial charge is 0.346 e. The van der Waals surface area contributed by atoms with Gasteiger partial charge in [0.05, 0.1) is 10.8 Å². The van der Waals surface area contributed by atoms with Crippen LogP contribution in [-0.4, -0.2) is 0 Å². The zero-order chi connectivity index (χ0) is 13.4. The normalized spacial score (nSPS) is 10.7. The van der Waals surface area contributed by atoms with Crippen molar-refractivity contribution in [2.75, 3.05) is 0 Å². The van der Waals surface area contributed by atoms with Gasteiger partial charge in [-0.1, -0.05) is 36.9 Å². The summed E-state index contributed by atoms with van der Waals surface area (Å²) in [6.45, 7) is 3.71. The van der Waals surface area contributed by atoms with E-state index in [9.17, 15) is 9.59 Å². The van der Waals surface area contributed by atoms with Gasteiger partial charge in [-0.25, -0.2) is 9.59 Å². The average Bonchev–Trinajstić information content (AvgIpc) is 2.55. The molecule has 0 saturated carbocycles. The predicted octanol–water partition coefficient (Wildman–Crippen LogP) is 2.95. The highest BCUT2D eigenvalue weighted by Crippen LogP contribution is 2.21. The highest BCUT2D eigenvalue weighted by Gasteiger charge is 2.07. The highest BCUT2D eigenvalue weighted by atomic mass is 16.4. The molecule has 0 atom stereocenters. The molecule has 1 aromatic heterocycles. The van der Waals surface area contributed by atoms with Crippen LogP contribution in [0.5, 0.6) is 0 Å². The van der Waals surface area contributed by atoms with Crippen LogP contribution in [0.15, 0.2) is 63.0 Å². The summed E-state index contributed by atoms with van der Waals surface area (Å²) < 4.78 is 4.83. The monoisotopic (exact) mass is 250 g/mol. The van der Waals surface area contributed by atoms with Crippen molar-refractivity contribution in [2.45, 2.75) is 0 Å². The van der Waals surface area contributed by atoms with E-state index >= 15 is 0 Å². The van der Waals surface area contributed by atoms with Crippen molar-refractivity contribution >= 4 is 27.6 Å². The van der Waals surface area contributed by atoms with Crippen molar-refractivity contribution in [3.8, 4) is 0 Å². The number of hydrogen-bond donors (Lipinski definition) is 0. The Balaban J connectivity index is 2.74. The maximum absolute atomic E-state index is 11.9. The van der Waals surface area contributed by atoms with E-state index in [4.69, 9.17) is 4.42 Å². The molecule has 0 N–H and O–H groups in total. The molecular formula is C16H10O3. The van der Waals surface area contributed by atoms with Gasteiger partial charge < -0.3 is 4.42 Å². The minimum atomic E-state index is -0.619. The van der Waals surface area contributed by atoms with E-state index in [1.54, 1.807) is 36.4 Å². The highest BCUT2D eigenvalue weighted by molar-refractivity contribution is 6.05. The molecule has 0 spiro atoms. The van der Waals surface area contributed by atoms with Gasteiger partial charge in [0.25, 0.3) is 0 Å². The molecule has 0 fully saturated rings. The molecule has 0 aliphatic rings. The Bertz CT molecular complexity index is 920. The van der Waals surface area contributed by atoms with Gasteiger partial charge >= 0.3 is 11.3 Å². The van der Waals surface area contributed by atoms with Gasteiger partial charge in [0, 0.05) is 0 Å². The van der Waals surface area contributed by atoms with Crippen molar-refractivity contribution in [1.82, 2.24) is 0 Å². The molecule has 0 radical (unpaired) electrons. The SMILES string of the molecule is C=Cc1ccc2c(=O)oc(=O)c3ccccc3c2c1. The Morgan fingerprint density at radius 3 is 2.16 bits per heavy atom. The van der Waals surface area contributed by atoms with Gasteiger partial charge in [-0.05, 0) is 34.5 Å². The molecule has 0 amide bonds. The summed E-state index contributed by atoms with van der Waals surface area (Å²) in [5.74, 6) is 0. The van der Waals surface area contributed by atoms with Crippen LogP contribution in [0.2, 0.25) is 0 Å². The molecule has 0 aliphatic heterocycles. The van der Waals surface area contributed by atoms with Crippen molar-refractivity contribution in [1.29, 1.82) is 0 Å². The maximum atomic E-state index is 11.9. The first-order valence-corrected chi connectivity index (χ1v) is 5.83. The Morgan fingerprint density at radius 1 is 0.842 bits per heavy atom. The number of fused-ring (bicyclic) bond motifs is 3. The lowest BCUT2D eigenvalue weighted by Gasteiger charge is -1.97. The topological polar surface area (TPSA) is 47.3 Å². The third-order valence-corrected chi connectivity index (χ3v) is 3.12. The molecule has 3 nitrogen and oxygen atoms in total. The van der Waals surface area contributed by atoms with Gasteiger partial charge in [0.15, 0.2) is 0 Å². The van der Waals surface area contributed by atoms with Crippen molar-refractivity contribution in [3.05, 3.63) is 75.4 Å². The third-order valence-electron chi connectivity index (χ3n) is 3.12. The molecule has 0 unspecified atom stereocenters. The molecule has 92 valence electrons. The molecule has 3 heteroatoms. The van der Waals surface area contributed by atoms with Crippen molar-refractivity contribution in [3.63, 3.8) is 0 Å². The van der Waals surface area contributed by atoms with Crippen molar-refractivity contribution in [2.24, 2.45) is 0 Å². The second kappa shape index (κ2) is 4.21. The second-order valence-electron chi connectivity index (χ2n) is 4.23. The van der Waals surface area contributed by atoms with Crippen LogP contribution < -0.4 is 11.3 Å². The summed E-state index contributed by atoms with van der Waals surface area (Å²) in [5, 5.41) is 2.20. The van der Waals surface area contributed by atoms with Gasteiger partial charge in [-0.15, -0.1) is 0 Å². The second-order valence-corrected chi connectivity index (χ2v) is 4.23. The van der Waals surface area contributed by atoms with E-state index in [1.165, 1.54) is 0 Å². The van der Waals surface area contributed by atoms with Crippen LogP contribution in [0.3, 0.4) is 0 Å². The zero-order valence-electron chi connectivity index (χ0n) is 10.1. The Morgan fingerprint density at radius 2 is 1.47 bits per heavy atom.